The molecule has 0 aliphatic heterocycles. The number of nitrogen functional groups attached to an aromatic ring is 2. The Kier molecular flexibility index (Phi) is 3.77. The number of aromatic nitrogens is 2. The van der Waals surface area contributed by atoms with Gasteiger partial charge in [-0.05, 0) is 30.7 Å². The minimum Gasteiger partial charge on any atom is -0.406 e. The Morgan fingerprint density at radius 2 is 1.91 bits per heavy atom. The molecule has 0 amide bonds. The van der Waals surface area contributed by atoms with Crippen molar-refractivity contribution in [1.29, 1.82) is 5.26 Å². The Labute approximate surface area is 123 Å². The van der Waals surface area contributed by atoms with Gasteiger partial charge in [0.15, 0.2) is 0 Å². The largest absolute Gasteiger partial charge is 0.573 e. The number of nitrogens with zero attached hydrogens (tertiary/aromatic N) is 3. The van der Waals surface area contributed by atoms with Crippen molar-refractivity contribution in [2.45, 2.75) is 13.3 Å². The number of benzene rings is 1. The van der Waals surface area contributed by atoms with Crippen molar-refractivity contribution in [1.82, 2.24) is 9.97 Å². The highest BCUT2D eigenvalue weighted by Crippen LogP contribution is 2.31. The highest BCUT2D eigenvalue weighted by Gasteiger charge is 2.31. The molecule has 1 aromatic carbocycles. The standard InChI is InChI=1S/C13H10F3N5O/c1-6-4-7(22-13(14,15)16)2-3-8(6)10-9(5-17)11(18)21-12(19)20-10/h2-4H,1H3,(H4,18,19,20,21). The van der Waals surface area contributed by atoms with E-state index in [2.05, 4.69) is 14.7 Å². The van der Waals surface area contributed by atoms with Gasteiger partial charge in [0.1, 0.15) is 23.2 Å². The van der Waals surface area contributed by atoms with E-state index in [0.29, 0.717) is 11.1 Å². The predicted molar refractivity (Wildman–Crippen MR) is 72.4 cm³/mol. The highest BCUT2D eigenvalue weighted by atomic mass is 19.4. The van der Waals surface area contributed by atoms with Crippen molar-refractivity contribution in [3.05, 3.63) is 29.3 Å². The third-order valence-corrected chi connectivity index (χ3v) is 2.75. The molecule has 0 spiro atoms. The maximum absolute atomic E-state index is 12.2. The lowest BCUT2D eigenvalue weighted by atomic mass is 10.0. The molecule has 0 fully saturated rings. The molecule has 114 valence electrons. The summed E-state index contributed by atoms with van der Waals surface area (Å²) >= 11 is 0. The van der Waals surface area contributed by atoms with Gasteiger partial charge in [0, 0.05) is 5.56 Å². The normalized spacial score (nSPS) is 11.0. The van der Waals surface area contributed by atoms with Gasteiger partial charge in [-0.2, -0.15) is 10.2 Å². The first-order valence-corrected chi connectivity index (χ1v) is 5.91. The van der Waals surface area contributed by atoms with Gasteiger partial charge >= 0.3 is 6.36 Å². The summed E-state index contributed by atoms with van der Waals surface area (Å²) < 4.78 is 40.4. The summed E-state index contributed by atoms with van der Waals surface area (Å²) in [7, 11) is 0. The number of aryl methyl sites for hydroxylation is 1. The second kappa shape index (κ2) is 5.40. The number of rotatable bonds is 2. The smallest absolute Gasteiger partial charge is 0.406 e. The molecule has 0 saturated carbocycles. The minimum absolute atomic E-state index is 0.00166. The molecule has 9 heteroatoms. The van der Waals surface area contributed by atoms with E-state index >= 15 is 0 Å². The fourth-order valence-electron chi connectivity index (χ4n) is 1.90. The zero-order chi connectivity index (χ0) is 16.5. The van der Waals surface area contributed by atoms with Crippen molar-refractivity contribution < 1.29 is 17.9 Å². The van der Waals surface area contributed by atoms with Crippen LogP contribution in [0.2, 0.25) is 0 Å². The Morgan fingerprint density at radius 3 is 2.45 bits per heavy atom. The van der Waals surface area contributed by atoms with Crippen LogP contribution in [0, 0.1) is 18.3 Å². The average molecular weight is 309 g/mol. The van der Waals surface area contributed by atoms with E-state index in [9.17, 15) is 13.2 Å². The number of anilines is 2. The quantitative estimate of drug-likeness (QED) is 0.881. The van der Waals surface area contributed by atoms with Gasteiger partial charge in [-0.3, -0.25) is 0 Å². The Balaban J connectivity index is 2.54. The molecule has 1 heterocycles. The lowest BCUT2D eigenvalue weighted by Crippen LogP contribution is -2.17. The minimum atomic E-state index is -4.78. The zero-order valence-electron chi connectivity index (χ0n) is 11.3. The van der Waals surface area contributed by atoms with Crippen LogP contribution in [0.3, 0.4) is 0 Å². The molecule has 4 N–H and O–H groups in total. The lowest BCUT2D eigenvalue weighted by Gasteiger charge is -2.12. The zero-order valence-corrected chi connectivity index (χ0v) is 11.3. The first-order valence-electron chi connectivity index (χ1n) is 5.91. The van der Waals surface area contributed by atoms with Crippen molar-refractivity contribution in [2.75, 3.05) is 11.5 Å². The molecule has 1 aromatic heterocycles. The van der Waals surface area contributed by atoms with Gasteiger partial charge in [-0.25, -0.2) is 4.98 Å². The summed E-state index contributed by atoms with van der Waals surface area (Å²) in [5.74, 6) is -0.608. The summed E-state index contributed by atoms with van der Waals surface area (Å²) in [5.41, 5.74) is 12.1. The third kappa shape index (κ3) is 3.17. The van der Waals surface area contributed by atoms with Crippen molar-refractivity contribution in [3.63, 3.8) is 0 Å². The van der Waals surface area contributed by atoms with E-state index in [4.69, 9.17) is 16.7 Å². The molecule has 2 rings (SSSR count). The van der Waals surface area contributed by atoms with E-state index in [-0.39, 0.29) is 28.8 Å². The van der Waals surface area contributed by atoms with Crippen LogP contribution in [-0.4, -0.2) is 16.3 Å². The first kappa shape index (κ1) is 15.4. The van der Waals surface area contributed by atoms with Gasteiger partial charge in [0.25, 0.3) is 0 Å². The fourth-order valence-corrected chi connectivity index (χ4v) is 1.90. The lowest BCUT2D eigenvalue weighted by molar-refractivity contribution is -0.274. The Bertz CT molecular complexity index is 767. The molecule has 0 saturated heterocycles. The topological polar surface area (TPSA) is 111 Å². The number of hydrogen-bond acceptors (Lipinski definition) is 6. The van der Waals surface area contributed by atoms with Crippen LogP contribution < -0.4 is 16.2 Å². The number of hydrogen-bond donors (Lipinski definition) is 2. The van der Waals surface area contributed by atoms with Crippen LogP contribution in [0.15, 0.2) is 18.2 Å². The Hall–Kier alpha value is -3.02. The summed E-state index contributed by atoms with van der Waals surface area (Å²) in [6.45, 7) is 1.55. The molecule has 0 atom stereocenters. The predicted octanol–water partition coefficient (Wildman–Crippen LogP) is 2.39. The van der Waals surface area contributed by atoms with Crippen LogP contribution in [-0.2, 0) is 0 Å². The van der Waals surface area contributed by atoms with Gasteiger partial charge in [0.2, 0.25) is 5.95 Å². The SMILES string of the molecule is Cc1cc(OC(F)(F)F)ccc1-c1nc(N)nc(N)c1C#N. The van der Waals surface area contributed by atoms with E-state index in [1.165, 1.54) is 12.1 Å². The second-order valence-electron chi connectivity index (χ2n) is 4.33. The monoisotopic (exact) mass is 309 g/mol. The highest BCUT2D eigenvalue weighted by molar-refractivity contribution is 5.75. The second-order valence-corrected chi connectivity index (χ2v) is 4.33. The van der Waals surface area contributed by atoms with Gasteiger partial charge in [0.05, 0.1) is 5.69 Å². The van der Waals surface area contributed by atoms with Crippen LogP contribution in [0.5, 0.6) is 5.75 Å². The number of halogens is 3. The van der Waals surface area contributed by atoms with E-state index in [1.807, 2.05) is 6.07 Å². The molecule has 0 bridgehead atoms. The number of alkyl halides is 3. The number of ether oxygens (including phenoxy) is 1. The summed E-state index contributed by atoms with van der Waals surface area (Å²) in [6.07, 6.45) is -4.78. The maximum Gasteiger partial charge on any atom is 0.573 e. The van der Waals surface area contributed by atoms with Gasteiger partial charge in [-0.15, -0.1) is 13.2 Å². The van der Waals surface area contributed by atoms with Crippen LogP contribution >= 0.6 is 0 Å². The van der Waals surface area contributed by atoms with Gasteiger partial charge in [-0.1, -0.05) is 0 Å². The van der Waals surface area contributed by atoms with Crippen LogP contribution in [0.1, 0.15) is 11.1 Å². The number of nitriles is 1. The molecule has 6 nitrogen and oxygen atoms in total. The fraction of sp³-hybridized carbons (Fsp3) is 0.154. The summed E-state index contributed by atoms with van der Waals surface area (Å²) in [5, 5.41) is 9.13. The molecule has 2 aromatic rings. The van der Waals surface area contributed by atoms with Gasteiger partial charge < -0.3 is 16.2 Å². The molecule has 0 aliphatic rings. The van der Waals surface area contributed by atoms with Crippen molar-refractivity contribution >= 4 is 11.8 Å². The molecule has 0 unspecified atom stereocenters. The van der Waals surface area contributed by atoms with Crippen LogP contribution in [0.25, 0.3) is 11.3 Å². The van der Waals surface area contributed by atoms with Crippen LogP contribution in [0.4, 0.5) is 24.9 Å². The van der Waals surface area contributed by atoms with Crippen molar-refractivity contribution in [3.8, 4) is 23.1 Å². The molecule has 0 radical (unpaired) electrons. The van der Waals surface area contributed by atoms with E-state index < -0.39 is 6.36 Å². The maximum atomic E-state index is 12.2. The third-order valence-electron chi connectivity index (χ3n) is 2.75. The average Bonchev–Trinajstić information content (AvgIpc) is 2.36. The van der Waals surface area contributed by atoms with E-state index in [1.54, 1.807) is 6.92 Å². The molecule has 22 heavy (non-hydrogen) atoms. The molecule has 0 aliphatic carbocycles. The number of nitrogens with two attached hydrogens (primary N) is 2. The summed E-state index contributed by atoms with van der Waals surface area (Å²) in [6, 6.07) is 5.49. The Morgan fingerprint density at radius 1 is 1.23 bits per heavy atom. The first-order chi connectivity index (χ1) is 10.2. The van der Waals surface area contributed by atoms with Crippen molar-refractivity contribution in [2.24, 2.45) is 0 Å². The summed E-state index contributed by atoms with van der Waals surface area (Å²) in [4.78, 5) is 7.62. The van der Waals surface area contributed by atoms with E-state index in [0.717, 1.165) is 6.07 Å². The molecular weight excluding hydrogens is 299 g/mol. The molecular formula is C13H10F3N5O.